The number of ether oxygens (including phenoxy) is 1. The Balaban J connectivity index is 2.20. The first-order valence-electron chi connectivity index (χ1n) is 6.81. The summed E-state index contributed by atoms with van der Waals surface area (Å²) in [5.41, 5.74) is -0.478. The van der Waals surface area contributed by atoms with Crippen LogP contribution in [0.3, 0.4) is 0 Å². The molecule has 122 valence electrons. The highest BCUT2D eigenvalue weighted by Gasteiger charge is 2.21. The molecule has 2 aromatic rings. The van der Waals surface area contributed by atoms with Gasteiger partial charge in [0.2, 0.25) is 0 Å². The number of rotatable bonds is 6. The second kappa shape index (κ2) is 7.06. The summed E-state index contributed by atoms with van der Waals surface area (Å²) < 4.78 is 24.4. The molecule has 0 spiro atoms. The second-order valence-corrected chi connectivity index (χ2v) is 4.93. The Hall–Kier alpha value is -2.67. The third kappa shape index (κ3) is 3.95. The van der Waals surface area contributed by atoms with Crippen molar-refractivity contribution in [1.82, 2.24) is 5.32 Å². The van der Waals surface area contributed by atoms with Crippen LogP contribution in [0, 0.1) is 12.7 Å². The van der Waals surface area contributed by atoms with E-state index in [9.17, 15) is 14.0 Å². The number of nitrogens with one attached hydrogen (secondary N) is 1. The van der Waals surface area contributed by atoms with E-state index < -0.39 is 23.7 Å². The maximum Gasteiger partial charge on any atom is 0.335 e. The normalized spacial score (nSPS) is 12.0. The molecule has 1 atom stereocenters. The SMILES string of the molecule is COCC(NC(=O)c1ccc(C(=O)O)cc1F)c1ccc(C)o1. The maximum absolute atomic E-state index is 13.9. The van der Waals surface area contributed by atoms with Crippen LogP contribution in [0.5, 0.6) is 0 Å². The molecule has 23 heavy (non-hydrogen) atoms. The van der Waals surface area contributed by atoms with Gasteiger partial charge in [-0.25, -0.2) is 9.18 Å². The van der Waals surface area contributed by atoms with E-state index in [1.165, 1.54) is 13.2 Å². The standard InChI is InChI=1S/C16H16FNO5/c1-9-3-6-14(23-9)13(8-22-2)18-15(19)11-5-4-10(16(20)21)7-12(11)17/h3-7,13H,8H2,1-2H3,(H,18,19)(H,20,21). The lowest BCUT2D eigenvalue weighted by molar-refractivity contribution is 0.0695. The smallest absolute Gasteiger partial charge is 0.335 e. The summed E-state index contributed by atoms with van der Waals surface area (Å²) in [4.78, 5) is 23.0. The molecule has 0 radical (unpaired) electrons. The fraction of sp³-hybridized carbons (Fsp3) is 0.250. The Kier molecular flexibility index (Phi) is 5.13. The molecular weight excluding hydrogens is 305 g/mol. The lowest BCUT2D eigenvalue weighted by Crippen LogP contribution is -2.31. The van der Waals surface area contributed by atoms with Crippen LogP contribution in [0.1, 0.15) is 38.3 Å². The van der Waals surface area contributed by atoms with E-state index in [0.29, 0.717) is 11.5 Å². The van der Waals surface area contributed by atoms with E-state index in [1.807, 2.05) is 0 Å². The molecule has 1 aromatic carbocycles. The Morgan fingerprint density at radius 2 is 2.09 bits per heavy atom. The predicted octanol–water partition coefficient (Wildman–Crippen LogP) is 2.54. The van der Waals surface area contributed by atoms with Crippen LogP contribution in [0.4, 0.5) is 4.39 Å². The fourth-order valence-electron chi connectivity index (χ4n) is 2.07. The third-order valence-corrected chi connectivity index (χ3v) is 3.20. The van der Waals surface area contributed by atoms with Crippen molar-refractivity contribution in [2.24, 2.45) is 0 Å². The summed E-state index contributed by atoms with van der Waals surface area (Å²) in [6, 6.07) is 5.96. The number of hydrogen-bond donors (Lipinski definition) is 2. The summed E-state index contributed by atoms with van der Waals surface area (Å²) >= 11 is 0. The van der Waals surface area contributed by atoms with Crippen LogP contribution in [-0.2, 0) is 4.74 Å². The van der Waals surface area contributed by atoms with Crippen LogP contribution in [0.15, 0.2) is 34.7 Å². The van der Waals surface area contributed by atoms with Crippen LogP contribution in [0.2, 0.25) is 0 Å². The highest BCUT2D eigenvalue weighted by Crippen LogP contribution is 2.18. The molecule has 2 N–H and O–H groups in total. The van der Waals surface area contributed by atoms with E-state index in [-0.39, 0.29) is 17.7 Å². The number of furan rings is 1. The second-order valence-electron chi connectivity index (χ2n) is 4.93. The summed E-state index contributed by atoms with van der Waals surface area (Å²) in [6.07, 6.45) is 0. The van der Waals surface area contributed by atoms with E-state index >= 15 is 0 Å². The van der Waals surface area contributed by atoms with E-state index in [1.54, 1.807) is 19.1 Å². The van der Waals surface area contributed by atoms with Gasteiger partial charge in [0.15, 0.2) is 0 Å². The number of carbonyl (C=O) groups excluding carboxylic acids is 1. The molecule has 0 aliphatic rings. The van der Waals surface area contributed by atoms with E-state index in [4.69, 9.17) is 14.3 Å². The van der Waals surface area contributed by atoms with Crippen molar-refractivity contribution in [2.45, 2.75) is 13.0 Å². The maximum atomic E-state index is 13.9. The lowest BCUT2D eigenvalue weighted by Gasteiger charge is -2.16. The van der Waals surface area contributed by atoms with E-state index in [2.05, 4.69) is 5.32 Å². The van der Waals surface area contributed by atoms with Gasteiger partial charge in [-0.2, -0.15) is 0 Å². The Morgan fingerprint density at radius 3 is 2.61 bits per heavy atom. The molecule has 0 aliphatic carbocycles. The molecule has 6 nitrogen and oxygen atoms in total. The Labute approximate surface area is 131 Å². The molecule has 1 aromatic heterocycles. The van der Waals surface area contributed by atoms with Gasteiger partial charge in [0, 0.05) is 7.11 Å². The number of aromatic carboxylic acids is 1. The van der Waals surface area contributed by atoms with Gasteiger partial charge in [0.05, 0.1) is 17.7 Å². The number of carboxylic acid groups (broad SMARTS) is 1. The third-order valence-electron chi connectivity index (χ3n) is 3.20. The number of amides is 1. The van der Waals surface area contributed by atoms with Gasteiger partial charge in [-0.3, -0.25) is 4.79 Å². The Morgan fingerprint density at radius 1 is 1.35 bits per heavy atom. The minimum absolute atomic E-state index is 0.146. The minimum Gasteiger partial charge on any atom is -0.478 e. The zero-order chi connectivity index (χ0) is 17.0. The number of carboxylic acids is 1. The Bertz CT molecular complexity index is 725. The summed E-state index contributed by atoms with van der Waals surface area (Å²) in [5.74, 6) is -1.70. The van der Waals surface area contributed by atoms with Gasteiger partial charge in [-0.1, -0.05) is 0 Å². The number of methoxy groups -OCH3 is 1. The summed E-state index contributed by atoms with van der Waals surface area (Å²) in [7, 11) is 1.47. The highest BCUT2D eigenvalue weighted by molar-refractivity contribution is 5.96. The number of benzene rings is 1. The molecule has 1 amide bonds. The van der Waals surface area contributed by atoms with E-state index in [0.717, 1.165) is 12.1 Å². The molecule has 2 rings (SSSR count). The molecule has 1 heterocycles. The van der Waals surface area contributed by atoms with Crippen LogP contribution in [-0.4, -0.2) is 30.7 Å². The van der Waals surface area contributed by atoms with Crippen molar-refractivity contribution in [3.63, 3.8) is 0 Å². The molecule has 0 bridgehead atoms. The monoisotopic (exact) mass is 321 g/mol. The van der Waals surface area contributed by atoms with Crippen molar-refractivity contribution < 1.29 is 28.2 Å². The van der Waals surface area contributed by atoms with Crippen LogP contribution in [0.25, 0.3) is 0 Å². The van der Waals surface area contributed by atoms with Gasteiger partial charge >= 0.3 is 5.97 Å². The molecule has 0 saturated heterocycles. The minimum atomic E-state index is -1.26. The molecule has 1 unspecified atom stereocenters. The average molecular weight is 321 g/mol. The molecule has 0 fully saturated rings. The topological polar surface area (TPSA) is 88.8 Å². The van der Waals surface area contributed by atoms with Gasteiger partial charge in [0.25, 0.3) is 5.91 Å². The van der Waals surface area contributed by atoms with Crippen molar-refractivity contribution in [3.8, 4) is 0 Å². The average Bonchev–Trinajstić information content (AvgIpc) is 2.93. The first-order valence-corrected chi connectivity index (χ1v) is 6.81. The zero-order valence-corrected chi connectivity index (χ0v) is 12.6. The van der Waals surface area contributed by atoms with Gasteiger partial charge in [-0.15, -0.1) is 0 Å². The first-order chi connectivity index (χ1) is 10.9. The van der Waals surface area contributed by atoms with Gasteiger partial charge < -0.3 is 19.6 Å². The number of halogens is 1. The fourth-order valence-corrected chi connectivity index (χ4v) is 2.07. The van der Waals surface area contributed by atoms with Crippen molar-refractivity contribution >= 4 is 11.9 Å². The molecule has 7 heteroatoms. The predicted molar refractivity (Wildman–Crippen MR) is 78.9 cm³/mol. The largest absolute Gasteiger partial charge is 0.478 e. The summed E-state index contributed by atoms with van der Waals surface area (Å²) in [6.45, 7) is 1.91. The van der Waals surface area contributed by atoms with Crippen molar-refractivity contribution in [2.75, 3.05) is 13.7 Å². The summed E-state index contributed by atoms with van der Waals surface area (Å²) in [5, 5.41) is 11.4. The van der Waals surface area contributed by atoms with Gasteiger partial charge in [0.1, 0.15) is 23.4 Å². The lowest BCUT2D eigenvalue weighted by atomic mass is 10.1. The van der Waals surface area contributed by atoms with Crippen molar-refractivity contribution in [1.29, 1.82) is 0 Å². The van der Waals surface area contributed by atoms with Gasteiger partial charge in [-0.05, 0) is 37.3 Å². The van der Waals surface area contributed by atoms with Crippen molar-refractivity contribution in [3.05, 3.63) is 58.8 Å². The quantitative estimate of drug-likeness (QED) is 0.853. The molecule has 0 saturated carbocycles. The van der Waals surface area contributed by atoms with Crippen LogP contribution >= 0.6 is 0 Å². The molecule has 0 aliphatic heterocycles. The molecular formula is C16H16FNO5. The number of hydrogen-bond acceptors (Lipinski definition) is 4. The highest BCUT2D eigenvalue weighted by atomic mass is 19.1. The zero-order valence-electron chi connectivity index (χ0n) is 12.6. The van der Waals surface area contributed by atoms with Crippen LogP contribution < -0.4 is 5.32 Å². The first kappa shape index (κ1) is 16.7. The number of carbonyl (C=O) groups is 2. The number of aryl methyl sites for hydroxylation is 1.